The van der Waals surface area contributed by atoms with Gasteiger partial charge in [0.25, 0.3) is 0 Å². The molecule has 0 heterocycles. The molecule has 1 heteroatoms. The average molecular weight is 189 g/mol. The molecule has 0 atom stereocenters. The van der Waals surface area contributed by atoms with Gasteiger partial charge in [0.15, 0.2) is 0 Å². The first kappa shape index (κ1) is 11.0. The zero-order valence-corrected chi connectivity index (χ0v) is 9.16. The largest absolute Gasteiger partial charge is 0.300 e. The van der Waals surface area contributed by atoms with Crippen LogP contribution in [0.2, 0.25) is 0 Å². The highest BCUT2D eigenvalue weighted by atomic mass is 15.1. The van der Waals surface area contributed by atoms with Crippen LogP contribution in [0.4, 0.5) is 0 Å². The molecule has 0 aromatic heterocycles. The minimum absolute atomic E-state index is 1.05. The molecule has 1 rings (SSSR count). The first-order valence-corrected chi connectivity index (χ1v) is 5.23. The van der Waals surface area contributed by atoms with Crippen LogP contribution in [0, 0.1) is 0 Å². The average Bonchev–Trinajstić information content (AvgIpc) is 2.26. The van der Waals surface area contributed by atoms with Crippen molar-refractivity contribution in [2.24, 2.45) is 0 Å². The van der Waals surface area contributed by atoms with Crippen molar-refractivity contribution in [1.29, 1.82) is 0 Å². The summed E-state index contributed by atoms with van der Waals surface area (Å²) in [6, 6.07) is 8.59. The Morgan fingerprint density at radius 3 is 2.14 bits per heavy atom. The molecule has 0 aliphatic carbocycles. The molecule has 14 heavy (non-hydrogen) atoms. The van der Waals surface area contributed by atoms with Crippen LogP contribution in [0.3, 0.4) is 0 Å². The second-order valence-electron chi connectivity index (χ2n) is 3.41. The van der Waals surface area contributed by atoms with Crippen LogP contribution < -0.4 is 0 Å². The molecule has 0 amide bonds. The summed E-state index contributed by atoms with van der Waals surface area (Å²) < 4.78 is 0. The van der Waals surface area contributed by atoms with E-state index in [9.17, 15) is 0 Å². The highest BCUT2D eigenvalue weighted by Gasteiger charge is 1.99. The molecule has 0 unspecified atom stereocenters. The minimum Gasteiger partial charge on any atom is -0.300 e. The summed E-state index contributed by atoms with van der Waals surface area (Å²) in [7, 11) is 0. The van der Waals surface area contributed by atoms with Crippen molar-refractivity contribution in [2.45, 2.75) is 20.4 Å². The fourth-order valence-corrected chi connectivity index (χ4v) is 1.46. The van der Waals surface area contributed by atoms with E-state index in [2.05, 4.69) is 49.6 Å². The van der Waals surface area contributed by atoms with Crippen LogP contribution in [-0.2, 0) is 6.54 Å². The Morgan fingerprint density at radius 2 is 1.71 bits per heavy atom. The number of hydrogen-bond acceptors (Lipinski definition) is 1. The fourth-order valence-electron chi connectivity index (χ4n) is 1.46. The van der Waals surface area contributed by atoms with Gasteiger partial charge >= 0.3 is 0 Å². The highest BCUT2D eigenvalue weighted by molar-refractivity contribution is 5.47. The van der Waals surface area contributed by atoms with Gasteiger partial charge in [0.2, 0.25) is 0 Å². The number of hydrogen-bond donors (Lipinski definition) is 0. The van der Waals surface area contributed by atoms with Crippen LogP contribution in [0.25, 0.3) is 6.08 Å². The maximum absolute atomic E-state index is 3.74. The van der Waals surface area contributed by atoms with Crippen molar-refractivity contribution < 1.29 is 0 Å². The summed E-state index contributed by atoms with van der Waals surface area (Å²) >= 11 is 0. The van der Waals surface area contributed by atoms with Gasteiger partial charge in [-0.15, -0.1) is 0 Å². The van der Waals surface area contributed by atoms with Gasteiger partial charge in [-0.05, 0) is 24.2 Å². The molecule has 0 saturated carbocycles. The molecule has 1 aromatic carbocycles. The van der Waals surface area contributed by atoms with Crippen molar-refractivity contribution in [3.8, 4) is 0 Å². The van der Waals surface area contributed by atoms with Crippen molar-refractivity contribution in [3.63, 3.8) is 0 Å². The Hall–Kier alpha value is -1.08. The zero-order chi connectivity index (χ0) is 10.4. The van der Waals surface area contributed by atoms with Gasteiger partial charge in [-0.1, -0.05) is 50.8 Å². The van der Waals surface area contributed by atoms with Crippen LogP contribution in [0.1, 0.15) is 25.0 Å². The third-order valence-electron chi connectivity index (χ3n) is 2.52. The van der Waals surface area contributed by atoms with E-state index in [0.717, 1.165) is 19.6 Å². The number of nitrogens with zero attached hydrogens (tertiary/aromatic N) is 1. The molecule has 1 aromatic rings. The van der Waals surface area contributed by atoms with E-state index in [1.807, 2.05) is 6.08 Å². The van der Waals surface area contributed by atoms with E-state index in [0.29, 0.717) is 0 Å². The molecule has 76 valence electrons. The summed E-state index contributed by atoms with van der Waals surface area (Å²) in [6.07, 6.45) is 1.88. The molecule has 0 spiro atoms. The van der Waals surface area contributed by atoms with Gasteiger partial charge in [0.05, 0.1) is 0 Å². The van der Waals surface area contributed by atoms with Gasteiger partial charge in [0.1, 0.15) is 0 Å². The van der Waals surface area contributed by atoms with Crippen molar-refractivity contribution in [1.82, 2.24) is 4.90 Å². The van der Waals surface area contributed by atoms with Crippen molar-refractivity contribution in [3.05, 3.63) is 42.0 Å². The first-order valence-electron chi connectivity index (χ1n) is 5.23. The van der Waals surface area contributed by atoms with E-state index in [4.69, 9.17) is 0 Å². The lowest BCUT2D eigenvalue weighted by Crippen LogP contribution is -2.21. The predicted octanol–water partition coefficient (Wildman–Crippen LogP) is 3.17. The maximum atomic E-state index is 3.74. The van der Waals surface area contributed by atoms with E-state index in [1.54, 1.807) is 0 Å². The Morgan fingerprint density at radius 1 is 1.14 bits per heavy atom. The second kappa shape index (κ2) is 5.61. The van der Waals surface area contributed by atoms with Gasteiger partial charge in [-0.3, -0.25) is 4.90 Å². The molecule has 0 radical (unpaired) electrons. The standard InChI is InChI=1S/C13H19N/c1-4-12-7-9-13(10-8-12)11-14(5-2)6-3/h4,7-10H,1,5-6,11H2,2-3H3. The summed E-state index contributed by atoms with van der Waals surface area (Å²) in [5.41, 5.74) is 2.56. The highest BCUT2D eigenvalue weighted by Crippen LogP contribution is 2.07. The molecule has 0 fully saturated rings. The number of benzene rings is 1. The predicted molar refractivity (Wildman–Crippen MR) is 63.2 cm³/mol. The van der Waals surface area contributed by atoms with Gasteiger partial charge in [-0.25, -0.2) is 0 Å². The molecule has 0 bridgehead atoms. The molecule has 1 nitrogen and oxygen atoms in total. The topological polar surface area (TPSA) is 3.24 Å². The van der Waals surface area contributed by atoms with Crippen LogP contribution >= 0.6 is 0 Å². The monoisotopic (exact) mass is 189 g/mol. The SMILES string of the molecule is C=Cc1ccc(CN(CC)CC)cc1. The Labute approximate surface area is 87.1 Å². The first-order chi connectivity index (χ1) is 6.80. The van der Waals surface area contributed by atoms with E-state index in [-0.39, 0.29) is 0 Å². The second-order valence-corrected chi connectivity index (χ2v) is 3.41. The Bertz CT molecular complexity index is 270. The van der Waals surface area contributed by atoms with Crippen LogP contribution in [0.15, 0.2) is 30.8 Å². The van der Waals surface area contributed by atoms with E-state index in [1.165, 1.54) is 11.1 Å². The third-order valence-corrected chi connectivity index (χ3v) is 2.52. The lowest BCUT2D eigenvalue weighted by Gasteiger charge is -2.17. The maximum Gasteiger partial charge on any atom is 0.0233 e. The zero-order valence-electron chi connectivity index (χ0n) is 9.16. The molecule has 0 saturated heterocycles. The smallest absolute Gasteiger partial charge is 0.0233 e. The Kier molecular flexibility index (Phi) is 4.41. The van der Waals surface area contributed by atoms with Crippen LogP contribution in [0.5, 0.6) is 0 Å². The molecule has 0 aliphatic rings. The van der Waals surface area contributed by atoms with E-state index < -0.39 is 0 Å². The lowest BCUT2D eigenvalue weighted by atomic mass is 10.1. The summed E-state index contributed by atoms with van der Waals surface area (Å²) in [4.78, 5) is 2.41. The van der Waals surface area contributed by atoms with Crippen molar-refractivity contribution in [2.75, 3.05) is 13.1 Å². The molecule has 0 aliphatic heterocycles. The summed E-state index contributed by atoms with van der Waals surface area (Å²) in [5.74, 6) is 0. The van der Waals surface area contributed by atoms with E-state index >= 15 is 0 Å². The van der Waals surface area contributed by atoms with Gasteiger partial charge in [-0.2, -0.15) is 0 Å². The summed E-state index contributed by atoms with van der Waals surface area (Å²) in [6.45, 7) is 11.4. The fraction of sp³-hybridized carbons (Fsp3) is 0.385. The number of rotatable bonds is 5. The van der Waals surface area contributed by atoms with Crippen molar-refractivity contribution >= 4 is 6.08 Å². The third kappa shape index (κ3) is 3.00. The summed E-state index contributed by atoms with van der Waals surface area (Å²) in [5, 5.41) is 0. The Balaban J connectivity index is 2.63. The molecular weight excluding hydrogens is 170 g/mol. The molecular formula is C13H19N. The van der Waals surface area contributed by atoms with Gasteiger partial charge in [0, 0.05) is 6.54 Å². The van der Waals surface area contributed by atoms with Gasteiger partial charge < -0.3 is 0 Å². The lowest BCUT2D eigenvalue weighted by molar-refractivity contribution is 0.296. The normalized spacial score (nSPS) is 10.5. The molecule has 0 N–H and O–H groups in total. The van der Waals surface area contributed by atoms with Crippen LogP contribution in [-0.4, -0.2) is 18.0 Å². The quantitative estimate of drug-likeness (QED) is 0.687. The minimum atomic E-state index is 1.05.